The minimum Gasteiger partial charge on any atom is -0.310 e. The number of halogens is 2. The fourth-order valence-electron chi connectivity index (χ4n) is 2.79. The van der Waals surface area contributed by atoms with Crippen LogP contribution in [0, 0.1) is 5.92 Å². The van der Waals surface area contributed by atoms with E-state index in [-0.39, 0.29) is 0 Å². The monoisotopic (exact) mass is 285 g/mol. The molecule has 18 heavy (non-hydrogen) atoms. The van der Waals surface area contributed by atoms with Gasteiger partial charge in [0.2, 0.25) is 0 Å². The zero-order chi connectivity index (χ0) is 13.0. The maximum Gasteiger partial charge on any atom is 0.0424 e. The average Bonchev–Trinajstić information content (AvgIpc) is 2.36. The molecule has 0 amide bonds. The normalized spacial score (nSPS) is 18.8. The fraction of sp³-hybridized carbons (Fsp3) is 0.600. The summed E-state index contributed by atoms with van der Waals surface area (Å²) >= 11 is 12.0. The number of hydrogen-bond acceptors (Lipinski definition) is 1. The van der Waals surface area contributed by atoms with Gasteiger partial charge in [0.15, 0.2) is 0 Å². The van der Waals surface area contributed by atoms with Crippen molar-refractivity contribution >= 4 is 23.2 Å². The first-order valence-electron chi connectivity index (χ1n) is 6.83. The second kappa shape index (κ2) is 6.79. The van der Waals surface area contributed by atoms with Gasteiger partial charge in [0.05, 0.1) is 0 Å². The predicted molar refractivity (Wildman–Crippen MR) is 79.3 cm³/mol. The summed E-state index contributed by atoms with van der Waals surface area (Å²) in [7, 11) is 0. The lowest BCUT2D eigenvalue weighted by Gasteiger charge is -2.28. The molecular weight excluding hydrogens is 265 g/mol. The van der Waals surface area contributed by atoms with E-state index in [0.717, 1.165) is 18.0 Å². The van der Waals surface area contributed by atoms with Gasteiger partial charge < -0.3 is 5.32 Å². The van der Waals surface area contributed by atoms with Crippen LogP contribution < -0.4 is 5.32 Å². The van der Waals surface area contributed by atoms with Gasteiger partial charge in [-0.15, -0.1) is 0 Å². The highest BCUT2D eigenvalue weighted by molar-refractivity contribution is 6.34. The third kappa shape index (κ3) is 4.15. The Morgan fingerprint density at radius 3 is 2.33 bits per heavy atom. The zero-order valence-corrected chi connectivity index (χ0v) is 12.4. The molecular formula is C15H21Cl2N. The van der Waals surface area contributed by atoms with Crippen molar-refractivity contribution in [3.8, 4) is 0 Å². The van der Waals surface area contributed by atoms with Crippen LogP contribution in [0.1, 0.15) is 44.6 Å². The van der Waals surface area contributed by atoms with Crippen molar-refractivity contribution in [1.29, 1.82) is 0 Å². The van der Waals surface area contributed by atoms with E-state index in [9.17, 15) is 0 Å². The van der Waals surface area contributed by atoms with Crippen LogP contribution in [-0.4, -0.2) is 6.04 Å². The molecule has 0 spiro atoms. The van der Waals surface area contributed by atoms with E-state index in [4.69, 9.17) is 23.2 Å². The second-order valence-electron chi connectivity index (χ2n) is 5.35. The van der Waals surface area contributed by atoms with E-state index < -0.39 is 0 Å². The molecule has 0 aromatic heterocycles. The van der Waals surface area contributed by atoms with Gasteiger partial charge >= 0.3 is 0 Å². The Kier molecular flexibility index (Phi) is 5.35. The molecule has 1 aliphatic rings. The predicted octanol–water partition coefficient (Wildman–Crippen LogP) is 5.05. The molecule has 2 rings (SSSR count). The molecule has 0 saturated heterocycles. The van der Waals surface area contributed by atoms with E-state index in [1.54, 1.807) is 6.07 Å². The van der Waals surface area contributed by atoms with Crippen LogP contribution in [-0.2, 0) is 6.54 Å². The van der Waals surface area contributed by atoms with Crippen molar-refractivity contribution in [3.63, 3.8) is 0 Å². The van der Waals surface area contributed by atoms with Gasteiger partial charge in [-0.05, 0) is 49.4 Å². The van der Waals surface area contributed by atoms with Gasteiger partial charge in [0.1, 0.15) is 0 Å². The lowest BCUT2D eigenvalue weighted by molar-refractivity contribution is 0.280. The smallest absolute Gasteiger partial charge is 0.0424 e. The Labute approximate surface area is 120 Å². The summed E-state index contributed by atoms with van der Waals surface area (Å²) in [5.74, 6) is 0.827. The summed E-state index contributed by atoms with van der Waals surface area (Å²) in [4.78, 5) is 0. The zero-order valence-electron chi connectivity index (χ0n) is 10.9. The first-order valence-corrected chi connectivity index (χ1v) is 7.59. The molecule has 100 valence electrons. The molecule has 1 atom stereocenters. The molecule has 1 nitrogen and oxygen atoms in total. The molecule has 1 aromatic rings. The molecule has 0 unspecified atom stereocenters. The first-order chi connectivity index (χ1) is 8.65. The molecule has 1 saturated carbocycles. The number of hydrogen-bond donors (Lipinski definition) is 1. The number of nitrogens with one attached hydrogen (secondary N) is 1. The molecule has 0 radical (unpaired) electrons. The molecule has 1 N–H and O–H groups in total. The van der Waals surface area contributed by atoms with Crippen molar-refractivity contribution in [3.05, 3.63) is 33.8 Å². The quantitative estimate of drug-likeness (QED) is 0.816. The van der Waals surface area contributed by atoms with Crippen molar-refractivity contribution < 1.29 is 0 Å². The van der Waals surface area contributed by atoms with E-state index in [0.29, 0.717) is 16.1 Å². The summed E-state index contributed by atoms with van der Waals surface area (Å²) in [6.45, 7) is 3.14. The third-order valence-corrected chi connectivity index (χ3v) is 4.34. The average molecular weight is 286 g/mol. The van der Waals surface area contributed by atoms with E-state index in [2.05, 4.69) is 12.2 Å². The Morgan fingerprint density at radius 1 is 1.11 bits per heavy atom. The van der Waals surface area contributed by atoms with E-state index in [1.807, 2.05) is 12.1 Å². The van der Waals surface area contributed by atoms with Crippen molar-refractivity contribution in [2.45, 2.75) is 51.6 Å². The molecule has 1 aromatic carbocycles. The van der Waals surface area contributed by atoms with Crippen molar-refractivity contribution in [2.75, 3.05) is 0 Å². The van der Waals surface area contributed by atoms with Gasteiger partial charge in [-0.3, -0.25) is 0 Å². The van der Waals surface area contributed by atoms with Gasteiger partial charge in [-0.1, -0.05) is 42.5 Å². The highest BCUT2D eigenvalue weighted by Crippen LogP contribution is 2.26. The molecule has 0 aliphatic heterocycles. The van der Waals surface area contributed by atoms with Gasteiger partial charge in [-0.2, -0.15) is 0 Å². The largest absolute Gasteiger partial charge is 0.310 e. The van der Waals surface area contributed by atoms with Crippen LogP contribution in [0.25, 0.3) is 0 Å². The van der Waals surface area contributed by atoms with E-state index >= 15 is 0 Å². The topological polar surface area (TPSA) is 12.0 Å². The molecule has 0 heterocycles. The van der Waals surface area contributed by atoms with Crippen LogP contribution in [0.15, 0.2) is 18.2 Å². The van der Waals surface area contributed by atoms with Crippen LogP contribution in [0.5, 0.6) is 0 Å². The first kappa shape index (κ1) is 14.2. The molecule has 1 fully saturated rings. The Balaban J connectivity index is 1.86. The molecule has 0 bridgehead atoms. The van der Waals surface area contributed by atoms with Gasteiger partial charge in [0, 0.05) is 22.6 Å². The summed E-state index contributed by atoms with van der Waals surface area (Å²) in [5, 5.41) is 5.03. The maximum atomic E-state index is 6.00. The van der Waals surface area contributed by atoms with Crippen LogP contribution in [0.2, 0.25) is 10.0 Å². The highest BCUT2D eigenvalue weighted by atomic mass is 35.5. The van der Waals surface area contributed by atoms with Gasteiger partial charge in [-0.25, -0.2) is 0 Å². The number of benzene rings is 1. The molecule has 1 aliphatic carbocycles. The minimum atomic E-state index is 0.572. The Bertz CT molecular complexity index is 366. The SMILES string of the molecule is C[C@@H](NCc1cc(Cl)cc(Cl)c1)C1CCCCC1. The lowest BCUT2D eigenvalue weighted by Crippen LogP contribution is -2.34. The molecule has 3 heteroatoms. The van der Waals surface area contributed by atoms with Gasteiger partial charge in [0.25, 0.3) is 0 Å². The standard InChI is InChI=1S/C15H21Cl2N/c1-11(13-5-3-2-4-6-13)18-10-12-7-14(16)9-15(17)8-12/h7-9,11,13,18H,2-6,10H2,1H3/t11-/m1/s1. The lowest BCUT2D eigenvalue weighted by atomic mass is 9.84. The Hall–Kier alpha value is -0.240. The summed E-state index contributed by atoms with van der Waals surface area (Å²) in [6, 6.07) is 6.31. The number of rotatable bonds is 4. The summed E-state index contributed by atoms with van der Waals surface area (Å²) in [5.41, 5.74) is 1.16. The van der Waals surface area contributed by atoms with Crippen LogP contribution in [0.4, 0.5) is 0 Å². The Morgan fingerprint density at radius 2 is 1.72 bits per heavy atom. The third-order valence-electron chi connectivity index (χ3n) is 3.91. The minimum absolute atomic E-state index is 0.572. The van der Waals surface area contributed by atoms with E-state index in [1.165, 1.54) is 32.1 Å². The maximum absolute atomic E-state index is 6.00. The fourth-order valence-corrected chi connectivity index (χ4v) is 3.36. The van der Waals surface area contributed by atoms with Crippen LogP contribution in [0.3, 0.4) is 0 Å². The second-order valence-corrected chi connectivity index (χ2v) is 6.22. The van der Waals surface area contributed by atoms with Crippen molar-refractivity contribution in [2.24, 2.45) is 5.92 Å². The summed E-state index contributed by atoms with van der Waals surface area (Å²) in [6.07, 6.45) is 6.92. The van der Waals surface area contributed by atoms with Crippen molar-refractivity contribution in [1.82, 2.24) is 5.32 Å². The van der Waals surface area contributed by atoms with Crippen LogP contribution >= 0.6 is 23.2 Å². The highest BCUT2D eigenvalue weighted by Gasteiger charge is 2.19. The summed E-state index contributed by atoms with van der Waals surface area (Å²) < 4.78 is 0.